The van der Waals surface area contributed by atoms with Crippen LogP contribution in [0.15, 0.2) is 84.9 Å². The molecule has 3 aromatic carbocycles. The maximum absolute atomic E-state index is 11.2. The molecule has 0 aliphatic rings. The van der Waals surface area contributed by atoms with Crippen LogP contribution < -0.4 is 15.9 Å². The summed E-state index contributed by atoms with van der Waals surface area (Å²) in [5.74, 6) is -0.367. The summed E-state index contributed by atoms with van der Waals surface area (Å²) in [6.45, 7) is 0. The predicted octanol–water partition coefficient (Wildman–Crippen LogP) is 2.83. The number of hydrogen-bond acceptors (Lipinski definition) is 2. The average Bonchev–Trinajstić information content (AvgIpc) is 2.56. The summed E-state index contributed by atoms with van der Waals surface area (Å²) in [7, 11) is -4.82. The maximum atomic E-state index is 11.2. The summed E-state index contributed by atoms with van der Waals surface area (Å²) in [5.41, 5.74) is 0.592. The van der Waals surface area contributed by atoms with E-state index < -0.39 is 18.0 Å². The third-order valence-electron chi connectivity index (χ3n) is 3.55. The summed E-state index contributed by atoms with van der Waals surface area (Å²) >= 11 is 0. The van der Waals surface area contributed by atoms with E-state index in [1.165, 1.54) is 10.6 Å². The van der Waals surface area contributed by atoms with Crippen LogP contribution in [0.2, 0.25) is 0 Å². The molecule has 0 aliphatic carbocycles. The lowest BCUT2D eigenvalue weighted by atomic mass is 10.2. The molecule has 0 heterocycles. The first-order chi connectivity index (χ1) is 11.5. The van der Waals surface area contributed by atoms with Crippen molar-refractivity contribution in [3.63, 3.8) is 0 Å². The fourth-order valence-corrected chi connectivity index (χ4v) is 5.56. The van der Waals surface area contributed by atoms with Crippen LogP contribution in [0.25, 0.3) is 0 Å². The van der Waals surface area contributed by atoms with Crippen molar-refractivity contribution >= 4 is 34.0 Å². The Labute approximate surface area is 143 Å². The van der Waals surface area contributed by atoms with Gasteiger partial charge >= 0.3 is 0 Å². The predicted molar refractivity (Wildman–Crippen MR) is 100 cm³/mol. The first-order valence-electron chi connectivity index (χ1n) is 7.47. The Hall–Kier alpha value is -2.00. The normalized spacial score (nSPS) is 11.6. The van der Waals surface area contributed by atoms with Crippen LogP contribution in [-0.2, 0) is 15.9 Å². The lowest BCUT2D eigenvalue weighted by molar-refractivity contribution is 0.482. The molecule has 3 rings (SSSR count). The summed E-state index contributed by atoms with van der Waals surface area (Å²) in [5, 5.41) is 3.45. The third kappa shape index (κ3) is 4.30. The van der Waals surface area contributed by atoms with Gasteiger partial charge in [-0.05, 0) is 35.5 Å². The van der Waals surface area contributed by atoms with E-state index in [9.17, 15) is 8.42 Å². The smallest absolute Gasteiger partial charge is 0.269 e. The highest BCUT2D eigenvalue weighted by molar-refractivity contribution is 7.85. The van der Waals surface area contributed by atoms with Crippen molar-refractivity contribution in [1.82, 2.24) is 0 Å². The van der Waals surface area contributed by atoms with Gasteiger partial charge in [-0.15, -0.1) is 0 Å². The zero-order valence-corrected chi connectivity index (χ0v) is 14.6. The van der Waals surface area contributed by atoms with E-state index in [2.05, 4.69) is 24.3 Å². The molecule has 0 bridgehead atoms. The third-order valence-corrected chi connectivity index (χ3v) is 6.67. The molecule has 0 amide bonds. The zero-order chi connectivity index (χ0) is 17.0. The van der Waals surface area contributed by atoms with Crippen molar-refractivity contribution in [3.05, 3.63) is 90.5 Å². The molecule has 0 radical (unpaired) electrons. The number of rotatable bonds is 5. The van der Waals surface area contributed by atoms with Crippen molar-refractivity contribution < 1.29 is 13.0 Å². The summed E-state index contributed by atoms with van der Waals surface area (Å²) in [6, 6.07) is 27.8. The molecular formula is C19H17O3PS. The lowest BCUT2D eigenvalue weighted by Crippen LogP contribution is -2.21. The van der Waals surface area contributed by atoms with Crippen molar-refractivity contribution in [3.8, 4) is 0 Å². The molecule has 0 saturated heterocycles. The second-order valence-corrected chi connectivity index (χ2v) is 9.08. The molecule has 0 fully saturated rings. The maximum Gasteiger partial charge on any atom is 0.269 e. The first kappa shape index (κ1) is 16.8. The minimum absolute atomic E-state index is 0.367. The highest BCUT2D eigenvalue weighted by Gasteiger charge is 2.17. The quantitative estimate of drug-likeness (QED) is 0.565. The Morgan fingerprint density at radius 2 is 1.21 bits per heavy atom. The van der Waals surface area contributed by atoms with Gasteiger partial charge in [-0.2, -0.15) is 8.42 Å². The molecule has 122 valence electrons. The van der Waals surface area contributed by atoms with Crippen LogP contribution in [0.3, 0.4) is 0 Å². The number of hydrogen-bond donors (Lipinski definition) is 1. The minimum Gasteiger partial charge on any atom is -0.285 e. The highest BCUT2D eigenvalue weighted by atomic mass is 32.2. The largest absolute Gasteiger partial charge is 0.285 e. The van der Waals surface area contributed by atoms with Gasteiger partial charge in [0.25, 0.3) is 10.1 Å². The van der Waals surface area contributed by atoms with Gasteiger partial charge in [0.15, 0.2) is 0 Å². The van der Waals surface area contributed by atoms with Gasteiger partial charge < -0.3 is 0 Å². The van der Waals surface area contributed by atoms with Crippen molar-refractivity contribution in [2.45, 2.75) is 5.75 Å². The van der Waals surface area contributed by atoms with Crippen molar-refractivity contribution in [1.29, 1.82) is 0 Å². The molecule has 0 unspecified atom stereocenters. The second kappa shape index (κ2) is 7.27. The molecule has 24 heavy (non-hydrogen) atoms. The van der Waals surface area contributed by atoms with Crippen LogP contribution in [0.4, 0.5) is 0 Å². The van der Waals surface area contributed by atoms with Crippen LogP contribution in [0.1, 0.15) is 5.56 Å². The van der Waals surface area contributed by atoms with Crippen LogP contribution in [0.5, 0.6) is 0 Å². The molecule has 3 nitrogen and oxygen atoms in total. The standard InChI is InChI=1S/C19H17O3PS/c20-24(21,22)15-16-8-7-13-19(14-16)23(17-9-3-1-4-10-17)18-11-5-2-6-12-18/h1-14H,15H2,(H,20,21,22). The summed E-state index contributed by atoms with van der Waals surface area (Å²) in [4.78, 5) is 0. The van der Waals surface area contributed by atoms with Gasteiger partial charge in [0.05, 0.1) is 0 Å². The summed E-state index contributed by atoms with van der Waals surface area (Å²) < 4.78 is 31.5. The lowest BCUT2D eigenvalue weighted by Gasteiger charge is -2.19. The Morgan fingerprint density at radius 3 is 1.71 bits per heavy atom. The Balaban J connectivity index is 2.08. The minimum atomic E-state index is -4.04. The Morgan fingerprint density at radius 1 is 0.708 bits per heavy atom. The van der Waals surface area contributed by atoms with E-state index in [1.54, 1.807) is 6.07 Å². The topological polar surface area (TPSA) is 54.4 Å². The van der Waals surface area contributed by atoms with Crippen LogP contribution >= 0.6 is 7.92 Å². The van der Waals surface area contributed by atoms with Crippen LogP contribution in [0, 0.1) is 0 Å². The Bertz CT molecular complexity index is 870. The van der Waals surface area contributed by atoms with Gasteiger partial charge in [-0.1, -0.05) is 78.9 Å². The van der Waals surface area contributed by atoms with E-state index in [0.717, 1.165) is 5.30 Å². The average molecular weight is 356 g/mol. The molecule has 0 spiro atoms. The molecule has 0 aromatic heterocycles. The summed E-state index contributed by atoms with van der Waals surface area (Å²) in [6.07, 6.45) is 0. The Kier molecular flexibility index (Phi) is 5.10. The van der Waals surface area contributed by atoms with Gasteiger partial charge in [-0.25, -0.2) is 0 Å². The van der Waals surface area contributed by atoms with Gasteiger partial charge in [0.2, 0.25) is 0 Å². The van der Waals surface area contributed by atoms with E-state index in [4.69, 9.17) is 4.55 Å². The molecule has 1 N–H and O–H groups in total. The highest BCUT2D eigenvalue weighted by Crippen LogP contribution is 2.32. The SMILES string of the molecule is O=S(=O)(O)Cc1cccc(P(c2ccccc2)c2ccccc2)c1. The van der Waals surface area contributed by atoms with E-state index in [-0.39, 0.29) is 5.75 Å². The first-order valence-corrected chi connectivity index (χ1v) is 10.4. The molecule has 0 aliphatic heterocycles. The van der Waals surface area contributed by atoms with Crippen molar-refractivity contribution in [2.24, 2.45) is 0 Å². The van der Waals surface area contributed by atoms with Crippen LogP contribution in [-0.4, -0.2) is 13.0 Å². The van der Waals surface area contributed by atoms with Gasteiger partial charge in [0.1, 0.15) is 5.75 Å². The van der Waals surface area contributed by atoms with E-state index in [1.807, 2.05) is 54.6 Å². The van der Waals surface area contributed by atoms with Gasteiger partial charge in [-0.3, -0.25) is 4.55 Å². The fourth-order valence-electron chi connectivity index (χ4n) is 2.60. The van der Waals surface area contributed by atoms with E-state index >= 15 is 0 Å². The molecule has 0 atom stereocenters. The molecule has 3 aromatic rings. The van der Waals surface area contributed by atoms with E-state index in [0.29, 0.717) is 5.56 Å². The fraction of sp³-hybridized carbons (Fsp3) is 0.0526. The zero-order valence-electron chi connectivity index (χ0n) is 12.9. The molecular weight excluding hydrogens is 339 g/mol. The molecule has 0 saturated carbocycles. The van der Waals surface area contributed by atoms with Gasteiger partial charge in [0, 0.05) is 0 Å². The van der Waals surface area contributed by atoms with Crippen molar-refractivity contribution in [2.75, 3.05) is 0 Å². The molecule has 5 heteroatoms. The number of benzene rings is 3. The monoisotopic (exact) mass is 356 g/mol. The second-order valence-electron chi connectivity index (χ2n) is 5.40.